The SMILES string of the molecule is O=Cc1ccc(C2CCNC2)cc1F. The van der Waals surface area contributed by atoms with Crippen LogP contribution in [-0.2, 0) is 0 Å². The first-order valence-electron chi connectivity index (χ1n) is 4.76. The van der Waals surface area contributed by atoms with Crippen LogP contribution in [0.4, 0.5) is 4.39 Å². The van der Waals surface area contributed by atoms with Crippen LogP contribution >= 0.6 is 0 Å². The van der Waals surface area contributed by atoms with Gasteiger partial charge in [0, 0.05) is 6.54 Å². The molecule has 74 valence electrons. The van der Waals surface area contributed by atoms with Gasteiger partial charge in [0.25, 0.3) is 0 Å². The Morgan fingerprint density at radius 3 is 2.93 bits per heavy atom. The first-order chi connectivity index (χ1) is 6.81. The van der Waals surface area contributed by atoms with Crippen molar-refractivity contribution in [2.45, 2.75) is 12.3 Å². The fourth-order valence-corrected chi connectivity index (χ4v) is 1.83. The molecule has 0 saturated carbocycles. The van der Waals surface area contributed by atoms with E-state index in [1.807, 2.05) is 6.07 Å². The Kier molecular flexibility index (Phi) is 2.59. The van der Waals surface area contributed by atoms with Crippen LogP contribution in [0.15, 0.2) is 18.2 Å². The standard InChI is InChI=1S/C11H12FNO/c12-11-5-8(1-2-10(11)7-14)9-3-4-13-6-9/h1-2,5,7,9,13H,3-4,6H2. The topological polar surface area (TPSA) is 29.1 Å². The molecule has 1 N–H and O–H groups in total. The number of halogens is 1. The molecule has 0 amide bonds. The summed E-state index contributed by atoms with van der Waals surface area (Å²) in [5, 5.41) is 3.23. The summed E-state index contributed by atoms with van der Waals surface area (Å²) in [5.74, 6) is -0.0189. The third-order valence-corrected chi connectivity index (χ3v) is 2.68. The zero-order valence-corrected chi connectivity index (χ0v) is 7.79. The average Bonchev–Trinajstić information content (AvgIpc) is 2.70. The molecule has 2 nitrogen and oxygen atoms in total. The fraction of sp³-hybridized carbons (Fsp3) is 0.364. The van der Waals surface area contributed by atoms with Crippen LogP contribution in [0, 0.1) is 5.82 Å². The number of hydrogen-bond donors (Lipinski definition) is 1. The summed E-state index contributed by atoms with van der Waals surface area (Å²) in [7, 11) is 0. The number of benzene rings is 1. The molecule has 1 heterocycles. The molecule has 1 aromatic rings. The molecule has 0 radical (unpaired) electrons. The molecule has 1 unspecified atom stereocenters. The Morgan fingerprint density at radius 1 is 1.50 bits per heavy atom. The van der Waals surface area contributed by atoms with Crippen molar-refractivity contribution in [3.05, 3.63) is 35.1 Å². The summed E-state index contributed by atoms with van der Waals surface area (Å²) in [6.45, 7) is 1.89. The molecule has 0 bridgehead atoms. The normalized spacial score (nSPS) is 21.1. The van der Waals surface area contributed by atoms with Crippen molar-refractivity contribution in [3.8, 4) is 0 Å². The van der Waals surface area contributed by atoms with Crippen molar-refractivity contribution in [1.29, 1.82) is 0 Å². The highest BCUT2D eigenvalue weighted by Crippen LogP contribution is 2.23. The van der Waals surface area contributed by atoms with Gasteiger partial charge in [0.2, 0.25) is 0 Å². The minimum atomic E-state index is -0.413. The molecular weight excluding hydrogens is 181 g/mol. The smallest absolute Gasteiger partial charge is 0.152 e. The molecule has 0 aliphatic carbocycles. The Bertz CT molecular complexity index is 345. The van der Waals surface area contributed by atoms with Crippen molar-refractivity contribution in [3.63, 3.8) is 0 Å². The van der Waals surface area contributed by atoms with E-state index in [-0.39, 0.29) is 5.56 Å². The van der Waals surface area contributed by atoms with E-state index < -0.39 is 5.82 Å². The van der Waals surface area contributed by atoms with Gasteiger partial charge in [-0.25, -0.2) is 4.39 Å². The predicted molar refractivity (Wildman–Crippen MR) is 52.0 cm³/mol. The predicted octanol–water partition coefficient (Wildman–Crippen LogP) is 1.72. The summed E-state index contributed by atoms with van der Waals surface area (Å²) in [4.78, 5) is 10.4. The number of rotatable bonds is 2. The van der Waals surface area contributed by atoms with E-state index in [0.29, 0.717) is 12.2 Å². The van der Waals surface area contributed by atoms with E-state index in [4.69, 9.17) is 0 Å². The van der Waals surface area contributed by atoms with Gasteiger partial charge >= 0.3 is 0 Å². The van der Waals surface area contributed by atoms with E-state index in [1.165, 1.54) is 6.07 Å². The van der Waals surface area contributed by atoms with Crippen LogP contribution < -0.4 is 5.32 Å². The van der Waals surface area contributed by atoms with Crippen LogP contribution in [0.5, 0.6) is 0 Å². The van der Waals surface area contributed by atoms with E-state index in [2.05, 4.69) is 5.32 Å². The molecule has 0 spiro atoms. The van der Waals surface area contributed by atoms with E-state index in [9.17, 15) is 9.18 Å². The second-order valence-corrected chi connectivity index (χ2v) is 3.59. The number of nitrogens with one attached hydrogen (secondary N) is 1. The monoisotopic (exact) mass is 193 g/mol. The zero-order chi connectivity index (χ0) is 9.97. The van der Waals surface area contributed by atoms with Gasteiger partial charge in [0.15, 0.2) is 6.29 Å². The lowest BCUT2D eigenvalue weighted by molar-refractivity contribution is 0.112. The van der Waals surface area contributed by atoms with Crippen molar-refractivity contribution in [2.75, 3.05) is 13.1 Å². The zero-order valence-electron chi connectivity index (χ0n) is 7.79. The van der Waals surface area contributed by atoms with Crippen LogP contribution in [0.1, 0.15) is 28.3 Å². The lowest BCUT2D eigenvalue weighted by atomic mass is 9.97. The van der Waals surface area contributed by atoms with Crippen LogP contribution in [0.25, 0.3) is 0 Å². The minimum Gasteiger partial charge on any atom is -0.316 e. The maximum Gasteiger partial charge on any atom is 0.152 e. The van der Waals surface area contributed by atoms with Crippen molar-refractivity contribution in [1.82, 2.24) is 5.32 Å². The molecule has 14 heavy (non-hydrogen) atoms. The average molecular weight is 193 g/mol. The van der Waals surface area contributed by atoms with Gasteiger partial charge in [0.1, 0.15) is 5.82 Å². The van der Waals surface area contributed by atoms with E-state index in [0.717, 1.165) is 25.1 Å². The summed E-state index contributed by atoms with van der Waals surface area (Å²) in [6.07, 6.45) is 1.59. The number of hydrogen-bond acceptors (Lipinski definition) is 2. The summed E-state index contributed by atoms with van der Waals surface area (Å²) < 4.78 is 13.3. The van der Waals surface area contributed by atoms with Gasteiger partial charge in [-0.3, -0.25) is 4.79 Å². The molecule has 1 fully saturated rings. The third kappa shape index (κ3) is 1.68. The second-order valence-electron chi connectivity index (χ2n) is 3.59. The molecule has 1 aliphatic heterocycles. The first-order valence-corrected chi connectivity index (χ1v) is 4.76. The van der Waals surface area contributed by atoms with Crippen molar-refractivity contribution in [2.24, 2.45) is 0 Å². The Morgan fingerprint density at radius 2 is 2.36 bits per heavy atom. The largest absolute Gasteiger partial charge is 0.316 e. The molecule has 1 saturated heterocycles. The van der Waals surface area contributed by atoms with Gasteiger partial charge in [-0.15, -0.1) is 0 Å². The van der Waals surface area contributed by atoms with E-state index >= 15 is 0 Å². The summed E-state index contributed by atoms with van der Waals surface area (Å²) in [5.41, 5.74) is 1.12. The van der Waals surface area contributed by atoms with Crippen LogP contribution in [0.3, 0.4) is 0 Å². The van der Waals surface area contributed by atoms with Gasteiger partial charge < -0.3 is 5.32 Å². The lowest BCUT2D eigenvalue weighted by Gasteiger charge is -2.08. The maximum absolute atomic E-state index is 13.3. The Balaban J connectivity index is 2.27. The van der Waals surface area contributed by atoms with Gasteiger partial charge in [-0.05, 0) is 36.6 Å². The molecule has 1 aliphatic rings. The minimum absolute atomic E-state index is 0.139. The lowest BCUT2D eigenvalue weighted by Crippen LogP contribution is -2.08. The number of carbonyl (C=O) groups excluding carboxylic acids is 1. The highest BCUT2D eigenvalue weighted by Gasteiger charge is 2.17. The molecule has 2 rings (SSSR count). The van der Waals surface area contributed by atoms with Gasteiger partial charge in [-0.2, -0.15) is 0 Å². The number of aldehydes is 1. The van der Waals surface area contributed by atoms with E-state index in [1.54, 1.807) is 6.07 Å². The number of carbonyl (C=O) groups is 1. The highest BCUT2D eigenvalue weighted by molar-refractivity contribution is 5.75. The molecule has 3 heteroatoms. The second kappa shape index (κ2) is 3.88. The molecule has 1 aromatic carbocycles. The van der Waals surface area contributed by atoms with Gasteiger partial charge in [0.05, 0.1) is 5.56 Å². The van der Waals surface area contributed by atoms with Crippen LogP contribution in [-0.4, -0.2) is 19.4 Å². The summed E-state index contributed by atoms with van der Waals surface area (Å²) in [6, 6.07) is 4.86. The van der Waals surface area contributed by atoms with Gasteiger partial charge in [-0.1, -0.05) is 6.07 Å². The third-order valence-electron chi connectivity index (χ3n) is 2.68. The summed E-state index contributed by atoms with van der Waals surface area (Å²) >= 11 is 0. The van der Waals surface area contributed by atoms with Crippen molar-refractivity contribution >= 4 is 6.29 Å². The van der Waals surface area contributed by atoms with Crippen LogP contribution in [0.2, 0.25) is 0 Å². The highest BCUT2D eigenvalue weighted by atomic mass is 19.1. The Labute approximate surface area is 82.1 Å². The first kappa shape index (κ1) is 9.34. The molecule has 1 atom stereocenters. The Hall–Kier alpha value is -1.22. The molecular formula is C11H12FNO. The maximum atomic E-state index is 13.3. The fourth-order valence-electron chi connectivity index (χ4n) is 1.83. The molecule has 0 aromatic heterocycles. The van der Waals surface area contributed by atoms with Crippen molar-refractivity contribution < 1.29 is 9.18 Å². The quantitative estimate of drug-likeness (QED) is 0.724.